The number of carbonyl (C=O) groups is 1. The van der Waals surface area contributed by atoms with Crippen LogP contribution in [0.1, 0.15) is 40.5 Å². The number of carbonyl (C=O) groups excluding carboxylic acids is 1. The van der Waals surface area contributed by atoms with Gasteiger partial charge in [-0.2, -0.15) is 5.10 Å². The summed E-state index contributed by atoms with van der Waals surface area (Å²) in [6, 6.07) is 5.71. The number of hydrogen-bond acceptors (Lipinski definition) is 4. The lowest BCUT2D eigenvalue weighted by Crippen LogP contribution is -2.31. The summed E-state index contributed by atoms with van der Waals surface area (Å²) >= 11 is 0. The van der Waals surface area contributed by atoms with Gasteiger partial charge in [0.2, 0.25) is 0 Å². The van der Waals surface area contributed by atoms with Gasteiger partial charge in [-0.25, -0.2) is 0 Å². The smallest absolute Gasteiger partial charge is 0.257 e. The van der Waals surface area contributed by atoms with Gasteiger partial charge >= 0.3 is 0 Å². The molecule has 1 fully saturated rings. The van der Waals surface area contributed by atoms with E-state index in [0.29, 0.717) is 5.56 Å². The first-order valence-corrected chi connectivity index (χ1v) is 8.08. The Kier molecular flexibility index (Phi) is 4.46. The molecular formula is C18H23N3O3. The topological polar surface area (TPSA) is 56.6 Å². The van der Waals surface area contributed by atoms with Crippen molar-refractivity contribution in [1.29, 1.82) is 0 Å². The molecule has 0 aliphatic carbocycles. The van der Waals surface area contributed by atoms with Crippen LogP contribution in [0.4, 0.5) is 0 Å². The summed E-state index contributed by atoms with van der Waals surface area (Å²) < 4.78 is 12.6. The van der Waals surface area contributed by atoms with Gasteiger partial charge in [-0.15, -0.1) is 0 Å². The van der Waals surface area contributed by atoms with Crippen LogP contribution in [0.5, 0.6) is 11.5 Å². The fraction of sp³-hybridized carbons (Fsp3) is 0.444. The normalized spacial score (nSPS) is 17.2. The Labute approximate surface area is 142 Å². The maximum absolute atomic E-state index is 13.0. The molecule has 0 spiro atoms. The van der Waals surface area contributed by atoms with Crippen LogP contribution >= 0.6 is 0 Å². The Morgan fingerprint density at radius 1 is 1.29 bits per heavy atom. The first-order chi connectivity index (χ1) is 11.6. The third-order valence-corrected chi connectivity index (χ3v) is 4.78. The zero-order chi connectivity index (χ0) is 17.3. The van der Waals surface area contributed by atoms with E-state index in [1.807, 2.05) is 37.1 Å². The van der Waals surface area contributed by atoms with Crippen LogP contribution in [0.15, 0.2) is 24.4 Å². The molecule has 128 valence electrons. The first kappa shape index (κ1) is 16.4. The number of rotatable bonds is 4. The van der Waals surface area contributed by atoms with Gasteiger partial charge in [0.05, 0.1) is 32.0 Å². The summed E-state index contributed by atoms with van der Waals surface area (Å²) in [5, 5.41) is 4.19. The van der Waals surface area contributed by atoms with Gasteiger partial charge in [-0.05, 0) is 38.0 Å². The number of amides is 1. The maximum Gasteiger partial charge on any atom is 0.257 e. The van der Waals surface area contributed by atoms with E-state index in [9.17, 15) is 4.79 Å². The van der Waals surface area contributed by atoms with Crippen molar-refractivity contribution >= 4 is 5.91 Å². The minimum Gasteiger partial charge on any atom is -0.497 e. The molecule has 1 aromatic heterocycles. The Hall–Kier alpha value is -2.50. The van der Waals surface area contributed by atoms with Gasteiger partial charge in [0.25, 0.3) is 5.91 Å². The van der Waals surface area contributed by atoms with Crippen molar-refractivity contribution in [3.8, 4) is 11.5 Å². The summed E-state index contributed by atoms with van der Waals surface area (Å²) in [5.74, 6) is 1.57. The number of aryl methyl sites for hydroxylation is 1. The summed E-state index contributed by atoms with van der Waals surface area (Å²) in [5.41, 5.74) is 2.53. The molecule has 1 amide bonds. The van der Waals surface area contributed by atoms with E-state index in [1.54, 1.807) is 25.1 Å². The molecule has 1 saturated heterocycles. The monoisotopic (exact) mass is 329 g/mol. The molecule has 0 radical (unpaired) electrons. The van der Waals surface area contributed by atoms with Crippen molar-refractivity contribution in [3.63, 3.8) is 0 Å². The lowest BCUT2D eigenvalue weighted by molar-refractivity contribution is 0.0733. The number of hydrogen-bond donors (Lipinski definition) is 0. The summed E-state index contributed by atoms with van der Waals surface area (Å²) in [4.78, 5) is 14.9. The average Bonchev–Trinajstić information content (AvgIpc) is 3.21. The molecule has 2 aromatic rings. The van der Waals surface area contributed by atoms with E-state index in [4.69, 9.17) is 9.47 Å². The molecule has 0 saturated carbocycles. The predicted octanol–water partition coefficient (Wildman–Crippen LogP) is 2.72. The van der Waals surface area contributed by atoms with Crippen LogP contribution in [0.3, 0.4) is 0 Å². The number of likely N-dealkylation sites (tertiary alicyclic amines) is 1. The van der Waals surface area contributed by atoms with Crippen LogP contribution in [0, 0.1) is 6.92 Å². The van der Waals surface area contributed by atoms with Crippen LogP contribution in [-0.4, -0.2) is 41.4 Å². The van der Waals surface area contributed by atoms with Gasteiger partial charge in [0.1, 0.15) is 11.5 Å². The van der Waals surface area contributed by atoms with Crippen LogP contribution < -0.4 is 9.47 Å². The predicted molar refractivity (Wildman–Crippen MR) is 90.5 cm³/mol. The van der Waals surface area contributed by atoms with Crippen molar-refractivity contribution in [2.45, 2.75) is 25.8 Å². The first-order valence-electron chi connectivity index (χ1n) is 8.08. The van der Waals surface area contributed by atoms with E-state index in [-0.39, 0.29) is 11.9 Å². The highest BCUT2D eigenvalue weighted by molar-refractivity contribution is 5.95. The standard InChI is InChI=1S/C18H23N3O3/c1-12-15(11-19-20(12)2)18(22)21-9-5-6-16(21)14-10-13(23-3)7-8-17(14)24-4/h7-8,10-11,16H,5-6,9H2,1-4H3/t16-/m1/s1. The Balaban J connectivity index is 1.96. The molecule has 1 aliphatic heterocycles. The van der Waals surface area contributed by atoms with Gasteiger partial charge in [-0.1, -0.05) is 0 Å². The summed E-state index contributed by atoms with van der Waals surface area (Å²) in [7, 11) is 5.14. The van der Waals surface area contributed by atoms with E-state index in [1.165, 1.54) is 0 Å². The van der Waals surface area contributed by atoms with E-state index in [0.717, 1.165) is 42.1 Å². The molecule has 3 rings (SSSR count). The minimum atomic E-state index is -0.0119. The number of benzene rings is 1. The zero-order valence-electron chi connectivity index (χ0n) is 14.6. The lowest BCUT2D eigenvalue weighted by Gasteiger charge is -2.26. The zero-order valence-corrected chi connectivity index (χ0v) is 14.6. The highest BCUT2D eigenvalue weighted by Gasteiger charge is 2.33. The van der Waals surface area contributed by atoms with Crippen LogP contribution in [-0.2, 0) is 7.05 Å². The van der Waals surface area contributed by atoms with Crippen molar-refractivity contribution in [2.24, 2.45) is 7.05 Å². The number of aromatic nitrogens is 2. The highest BCUT2D eigenvalue weighted by Crippen LogP contribution is 2.39. The summed E-state index contributed by atoms with van der Waals surface area (Å²) in [6.45, 7) is 2.65. The van der Waals surface area contributed by atoms with E-state index in [2.05, 4.69) is 5.10 Å². The molecular weight excluding hydrogens is 306 g/mol. The fourth-order valence-corrected chi connectivity index (χ4v) is 3.30. The molecule has 1 atom stereocenters. The van der Waals surface area contributed by atoms with Gasteiger partial charge in [0.15, 0.2) is 0 Å². The molecule has 1 aliphatic rings. The minimum absolute atomic E-state index is 0.0119. The van der Waals surface area contributed by atoms with Gasteiger partial charge < -0.3 is 14.4 Å². The SMILES string of the molecule is COc1ccc(OC)c([C@H]2CCCN2C(=O)c2cnn(C)c2C)c1. The molecule has 0 bridgehead atoms. The van der Waals surface area contributed by atoms with E-state index >= 15 is 0 Å². The third-order valence-electron chi connectivity index (χ3n) is 4.78. The highest BCUT2D eigenvalue weighted by atomic mass is 16.5. The molecule has 1 aromatic carbocycles. The molecule has 0 unspecified atom stereocenters. The van der Waals surface area contributed by atoms with Crippen molar-refractivity contribution in [2.75, 3.05) is 20.8 Å². The van der Waals surface area contributed by atoms with Crippen LogP contribution in [0.2, 0.25) is 0 Å². The number of methoxy groups -OCH3 is 2. The Morgan fingerprint density at radius 3 is 2.71 bits per heavy atom. The molecule has 24 heavy (non-hydrogen) atoms. The molecule has 6 nitrogen and oxygen atoms in total. The number of ether oxygens (including phenoxy) is 2. The second kappa shape index (κ2) is 6.55. The third kappa shape index (κ3) is 2.72. The van der Waals surface area contributed by atoms with Gasteiger partial charge in [0, 0.05) is 24.8 Å². The van der Waals surface area contributed by atoms with Crippen molar-refractivity contribution < 1.29 is 14.3 Å². The summed E-state index contributed by atoms with van der Waals surface area (Å²) in [6.07, 6.45) is 3.53. The molecule has 6 heteroatoms. The lowest BCUT2D eigenvalue weighted by atomic mass is 10.0. The van der Waals surface area contributed by atoms with Gasteiger partial charge in [-0.3, -0.25) is 9.48 Å². The quantitative estimate of drug-likeness (QED) is 0.865. The average molecular weight is 329 g/mol. The Bertz CT molecular complexity index is 754. The van der Waals surface area contributed by atoms with Crippen molar-refractivity contribution in [3.05, 3.63) is 41.2 Å². The second-order valence-electron chi connectivity index (χ2n) is 6.03. The molecule has 2 heterocycles. The van der Waals surface area contributed by atoms with Crippen LogP contribution in [0.25, 0.3) is 0 Å². The fourth-order valence-electron chi connectivity index (χ4n) is 3.30. The largest absolute Gasteiger partial charge is 0.497 e. The second-order valence-corrected chi connectivity index (χ2v) is 6.03. The number of nitrogens with zero attached hydrogens (tertiary/aromatic N) is 3. The maximum atomic E-state index is 13.0. The van der Waals surface area contributed by atoms with E-state index < -0.39 is 0 Å². The van der Waals surface area contributed by atoms with Crippen molar-refractivity contribution in [1.82, 2.24) is 14.7 Å². The molecule has 0 N–H and O–H groups in total. The Morgan fingerprint density at radius 2 is 2.08 bits per heavy atom.